The van der Waals surface area contributed by atoms with Crippen LogP contribution in [0.2, 0.25) is 0 Å². The van der Waals surface area contributed by atoms with Crippen molar-refractivity contribution in [1.82, 2.24) is 9.62 Å². The van der Waals surface area contributed by atoms with E-state index in [-0.39, 0.29) is 4.90 Å². The number of hydrogen-bond acceptors (Lipinski definition) is 7. The lowest BCUT2D eigenvalue weighted by Gasteiger charge is -2.47. The van der Waals surface area contributed by atoms with Gasteiger partial charge in [-0.25, -0.2) is 13.7 Å². The number of halogens is 3. The first kappa shape index (κ1) is 25.3. The maximum absolute atomic E-state index is 13.3. The molecule has 0 radical (unpaired) electrons. The number of aliphatic hydroxyl groups is 1. The minimum atomic E-state index is -4.86. The van der Waals surface area contributed by atoms with Gasteiger partial charge in [0.25, 0.3) is 0 Å². The summed E-state index contributed by atoms with van der Waals surface area (Å²) in [6.45, 7) is 0.779. The Labute approximate surface area is 212 Å². The first-order valence-electron chi connectivity index (χ1n) is 11.5. The van der Waals surface area contributed by atoms with Crippen LogP contribution >= 0.6 is 0 Å². The molecule has 37 heavy (non-hydrogen) atoms. The van der Waals surface area contributed by atoms with E-state index in [4.69, 9.17) is 9.52 Å². The van der Waals surface area contributed by atoms with E-state index in [9.17, 15) is 22.5 Å². The summed E-state index contributed by atoms with van der Waals surface area (Å²) in [6, 6.07) is 18.0. The van der Waals surface area contributed by atoms with E-state index < -0.39 is 40.2 Å². The molecular weight excluding hydrogens is 509 g/mol. The number of likely N-dealkylation sites (tertiary alicyclic amines) is 1. The molecule has 2 aliphatic heterocycles. The molecule has 0 saturated carbocycles. The van der Waals surface area contributed by atoms with Gasteiger partial charge in [0.05, 0.1) is 34.5 Å². The molecule has 0 amide bonds. The van der Waals surface area contributed by atoms with Gasteiger partial charge in [0.1, 0.15) is 15.7 Å². The Morgan fingerprint density at radius 2 is 1.57 bits per heavy atom. The van der Waals surface area contributed by atoms with Crippen LogP contribution in [-0.2, 0) is 9.92 Å². The van der Waals surface area contributed by atoms with E-state index in [1.165, 1.54) is 0 Å². The quantitative estimate of drug-likeness (QED) is 0.447. The lowest BCUT2D eigenvalue weighted by Crippen LogP contribution is -2.64. The highest BCUT2D eigenvalue weighted by Gasteiger charge is 2.42. The third-order valence-electron chi connectivity index (χ3n) is 6.32. The van der Waals surface area contributed by atoms with Crippen molar-refractivity contribution in [2.45, 2.75) is 29.4 Å². The Bertz CT molecular complexity index is 1340. The third-order valence-corrected chi connectivity index (χ3v) is 7.89. The van der Waals surface area contributed by atoms with Crippen LogP contribution in [0.3, 0.4) is 0 Å². The molecule has 4 unspecified atom stereocenters. The molecule has 3 aromatic carbocycles. The molecule has 0 bridgehead atoms. The van der Waals surface area contributed by atoms with Crippen LogP contribution in [0.1, 0.15) is 0 Å². The van der Waals surface area contributed by atoms with Crippen molar-refractivity contribution in [3.8, 4) is 17.2 Å². The van der Waals surface area contributed by atoms with Crippen LogP contribution in [0.4, 0.5) is 24.5 Å². The van der Waals surface area contributed by atoms with Gasteiger partial charge < -0.3 is 24.4 Å². The maximum Gasteiger partial charge on any atom is 0.573 e. The van der Waals surface area contributed by atoms with Crippen LogP contribution in [0.25, 0.3) is 0 Å². The number of likely N-dealkylation sites (N-methyl/N-ethyl adjacent to an activating group) is 1. The van der Waals surface area contributed by atoms with E-state index >= 15 is 0 Å². The number of benzene rings is 3. The monoisotopic (exact) mass is 534 g/mol. The van der Waals surface area contributed by atoms with Crippen molar-refractivity contribution in [1.29, 1.82) is 4.78 Å². The van der Waals surface area contributed by atoms with Crippen molar-refractivity contribution in [3.05, 3.63) is 72.8 Å². The fraction of sp³-hybridized carbons (Fsp3) is 0.280. The molecule has 12 heteroatoms. The van der Waals surface area contributed by atoms with Crippen LogP contribution in [-0.4, -0.2) is 58.9 Å². The Morgan fingerprint density at radius 1 is 1.00 bits per heavy atom. The van der Waals surface area contributed by atoms with Crippen molar-refractivity contribution in [2.75, 3.05) is 25.0 Å². The van der Waals surface area contributed by atoms with Gasteiger partial charge in [-0.2, -0.15) is 0 Å². The second kappa shape index (κ2) is 9.53. The SMILES string of the molecule is CN1CC(NS(=N)(=O)c2ccc(OC(F)(F)F)cc2)C(O)C(N2c3ccccc3Oc3ccccc32)C1. The smallest absolute Gasteiger partial charge is 0.453 e. The summed E-state index contributed by atoms with van der Waals surface area (Å²) in [5.41, 5.74) is 1.54. The van der Waals surface area contributed by atoms with E-state index in [1.54, 1.807) is 0 Å². The standard InChI is InChI=1S/C25H25F3N4O4S/c1-31-14-18(30-37(29,34)17-12-10-16(11-13-17)36-25(26,27)28)24(33)21(15-31)32-19-6-2-4-8-22(19)35-23-9-5-3-7-20(23)32/h2-13,18,21,24,33H,14-15H2,1H3,(H2,29,30,34). The molecular formula is C25H25F3N4O4S. The zero-order valence-corrected chi connectivity index (χ0v) is 20.5. The van der Waals surface area contributed by atoms with Crippen molar-refractivity contribution in [2.24, 2.45) is 0 Å². The molecule has 0 spiro atoms. The zero-order chi connectivity index (χ0) is 26.4. The second-order valence-electron chi connectivity index (χ2n) is 8.99. The number of aliphatic hydroxyl groups excluding tert-OH is 1. The summed E-state index contributed by atoms with van der Waals surface area (Å²) in [6.07, 6.45) is -5.90. The molecule has 4 atom stereocenters. The van der Waals surface area contributed by atoms with Gasteiger partial charge in [0.2, 0.25) is 0 Å². The number of piperidine rings is 1. The number of hydrogen-bond donors (Lipinski definition) is 3. The van der Waals surface area contributed by atoms with Crippen molar-refractivity contribution in [3.63, 3.8) is 0 Å². The number of nitrogens with zero attached hydrogens (tertiary/aromatic N) is 2. The molecule has 0 aromatic heterocycles. The number of rotatable bonds is 5. The third kappa shape index (κ3) is 5.23. The lowest BCUT2D eigenvalue weighted by molar-refractivity contribution is -0.274. The largest absolute Gasteiger partial charge is 0.573 e. The summed E-state index contributed by atoms with van der Waals surface area (Å²) in [7, 11) is -1.81. The number of anilines is 2. The van der Waals surface area contributed by atoms with Gasteiger partial charge >= 0.3 is 6.36 Å². The highest BCUT2D eigenvalue weighted by atomic mass is 32.2. The van der Waals surface area contributed by atoms with E-state index in [2.05, 4.69) is 9.46 Å². The fourth-order valence-electron chi connectivity index (χ4n) is 4.76. The normalized spacial score (nSPS) is 23.4. The zero-order valence-electron chi connectivity index (χ0n) is 19.7. The van der Waals surface area contributed by atoms with Crippen molar-refractivity contribution < 1.29 is 32.0 Å². The summed E-state index contributed by atoms with van der Waals surface area (Å²) in [5.74, 6) is 0.793. The van der Waals surface area contributed by atoms with E-state index in [1.807, 2.05) is 65.4 Å². The first-order chi connectivity index (χ1) is 17.5. The Hall–Kier alpha value is -3.32. The number of alkyl halides is 3. The highest BCUT2D eigenvalue weighted by Crippen LogP contribution is 2.48. The number of para-hydroxylation sites is 4. The van der Waals surface area contributed by atoms with Gasteiger partial charge in [-0.1, -0.05) is 24.3 Å². The summed E-state index contributed by atoms with van der Waals surface area (Å²) < 4.78 is 71.8. The predicted octanol–water partition coefficient (Wildman–Crippen LogP) is 4.48. The van der Waals surface area contributed by atoms with Crippen LogP contribution in [0, 0.1) is 4.78 Å². The molecule has 196 valence electrons. The van der Waals surface area contributed by atoms with Crippen LogP contribution in [0.5, 0.6) is 17.2 Å². The highest BCUT2D eigenvalue weighted by molar-refractivity contribution is 7.90. The maximum atomic E-state index is 13.3. The minimum absolute atomic E-state index is 0.0268. The Balaban J connectivity index is 1.42. The molecule has 2 aliphatic rings. The van der Waals surface area contributed by atoms with E-state index in [0.29, 0.717) is 24.6 Å². The topological polar surface area (TPSA) is 98.1 Å². The molecule has 0 aliphatic carbocycles. The second-order valence-corrected chi connectivity index (χ2v) is 10.8. The number of nitrogens with one attached hydrogen (secondary N) is 2. The van der Waals surface area contributed by atoms with Crippen LogP contribution in [0.15, 0.2) is 77.7 Å². The Morgan fingerprint density at radius 3 is 2.14 bits per heavy atom. The van der Waals surface area contributed by atoms with Crippen molar-refractivity contribution >= 4 is 21.3 Å². The lowest BCUT2D eigenvalue weighted by atomic mass is 9.95. The minimum Gasteiger partial charge on any atom is -0.453 e. The average Bonchev–Trinajstić information content (AvgIpc) is 2.84. The van der Waals surface area contributed by atoms with Crippen LogP contribution < -0.4 is 19.1 Å². The molecule has 3 N–H and O–H groups in total. The van der Waals surface area contributed by atoms with E-state index in [0.717, 1.165) is 35.6 Å². The summed E-state index contributed by atoms with van der Waals surface area (Å²) in [4.78, 5) is 3.94. The molecule has 1 fully saturated rings. The molecule has 8 nitrogen and oxygen atoms in total. The molecule has 5 rings (SSSR count). The van der Waals surface area contributed by atoms with Gasteiger partial charge in [0.15, 0.2) is 11.5 Å². The van der Waals surface area contributed by atoms with Gasteiger partial charge in [0, 0.05) is 13.1 Å². The molecule has 1 saturated heterocycles. The van der Waals surface area contributed by atoms with Gasteiger partial charge in [-0.15, -0.1) is 13.2 Å². The Kier molecular flexibility index (Phi) is 6.52. The first-order valence-corrected chi connectivity index (χ1v) is 13.0. The number of fused-ring (bicyclic) bond motifs is 2. The fourth-order valence-corrected chi connectivity index (χ4v) is 6.06. The summed E-state index contributed by atoms with van der Waals surface area (Å²) in [5, 5.41) is 11.5. The van der Waals surface area contributed by atoms with Gasteiger partial charge in [-0.3, -0.25) is 0 Å². The average molecular weight is 535 g/mol. The molecule has 3 aromatic rings. The van der Waals surface area contributed by atoms with Gasteiger partial charge in [-0.05, 0) is 55.6 Å². The number of ether oxygens (including phenoxy) is 2. The predicted molar refractivity (Wildman–Crippen MR) is 132 cm³/mol. The summed E-state index contributed by atoms with van der Waals surface area (Å²) >= 11 is 0. The molecule has 2 heterocycles.